The van der Waals surface area contributed by atoms with Crippen LogP contribution in [0.5, 0.6) is 5.75 Å². The molecule has 1 aliphatic rings. The number of hydrogen-bond donors (Lipinski definition) is 0. The van der Waals surface area contributed by atoms with E-state index < -0.39 is 38.6 Å². The second kappa shape index (κ2) is 6.96. The minimum Gasteiger partial charge on any atom is -0.404 e. The molecule has 0 spiro atoms. The van der Waals surface area contributed by atoms with E-state index in [0.29, 0.717) is 10.1 Å². The van der Waals surface area contributed by atoms with Crippen LogP contribution in [0.3, 0.4) is 0 Å². The highest BCUT2D eigenvalue weighted by atomic mass is 35.5. The van der Waals surface area contributed by atoms with Gasteiger partial charge in [-0.1, -0.05) is 16.8 Å². The van der Waals surface area contributed by atoms with Gasteiger partial charge in [0.1, 0.15) is 16.5 Å². The molecule has 0 saturated heterocycles. The molecule has 152 valence electrons. The highest BCUT2D eigenvalue weighted by Crippen LogP contribution is 2.42. The maximum absolute atomic E-state index is 12.8. The van der Waals surface area contributed by atoms with E-state index in [1.54, 1.807) is 0 Å². The van der Waals surface area contributed by atoms with E-state index in [4.69, 9.17) is 16.1 Å². The zero-order valence-electron chi connectivity index (χ0n) is 14.6. The number of carbonyl (C=O) groups excluding carboxylic acids is 1. The van der Waals surface area contributed by atoms with Crippen molar-refractivity contribution < 1.29 is 35.6 Å². The van der Waals surface area contributed by atoms with Crippen LogP contribution in [0.1, 0.15) is 40.6 Å². The van der Waals surface area contributed by atoms with Gasteiger partial charge in [0.2, 0.25) is 15.8 Å². The molecule has 1 fully saturated rings. The standard InChI is InChI=1S/C16H14ClF3N2O5S/c1-22(28(2,24)25)14-9(5-6-11(13(14)17)26-16(18,19)20)15(23)10-7-12(27-21-10)8-3-4-8/h5-8H,3-4H2,1-2H3. The average Bonchev–Trinajstić information content (AvgIpc) is 3.30. The molecule has 0 radical (unpaired) electrons. The van der Waals surface area contributed by atoms with Gasteiger partial charge >= 0.3 is 6.36 Å². The Bertz CT molecular complexity index is 1030. The number of aromatic nitrogens is 1. The number of nitrogens with zero attached hydrogens (tertiary/aromatic N) is 2. The highest BCUT2D eigenvalue weighted by Gasteiger charge is 2.35. The smallest absolute Gasteiger partial charge is 0.404 e. The van der Waals surface area contributed by atoms with Crippen LogP contribution in [0.25, 0.3) is 0 Å². The summed E-state index contributed by atoms with van der Waals surface area (Å²) in [6, 6.07) is 3.26. The first-order valence-electron chi connectivity index (χ1n) is 7.92. The van der Waals surface area contributed by atoms with Crippen LogP contribution in [0.4, 0.5) is 18.9 Å². The average molecular weight is 439 g/mol. The third-order valence-electron chi connectivity index (χ3n) is 4.10. The van der Waals surface area contributed by atoms with Crippen LogP contribution < -0.4 is 9.04 Å². The fourth-order valence-corrected chi connectivity index (χ4v) is 3.40. The molecule has 2 aromatic rings. The van der Waals surface area contributed by atoms with Gasteiger partial charge in [0.15, 0.2) is 5.69 Å². The van der Waals surface area contributed by atoms with E-state index >= 15 is 0 Å². The molecule has 12 heteroatoms. The SMILES string of the molecule is CN(c1c(C(=O)c2cc(C3CC3)on2)ccc(OC(F)(F)F)c1Cl)S(C)(=O)=O. The van der Waals surface area contributed by atoms with Gasteiger partial charge in [-0.15, -0.1) is 13.2 Å². The number of anilines is 1. The summed E-state index contributed by atoms with van der Waals surface area (Å²) in [7, 11) is -2.90. The number of sulfonamides is 1. The topological polar surface area (TPSA) is 89.7 Å². The molecule has 0 N–H and O–H groups in total. The van der Waals surface area contributed by atoms with E-state index in [1.807, 2.05) is 0 Å². The Balaban J connectivity index is 2.10. The maximum Gasteiger partial charge on any atom is 0.573 e. The lowest BCUT2D eigenvalue weighted by molar-refractivity contribution is -0.274. The lowest BCUT2D eigenvalue weighted by Gasteiger charge is -2.22. The van der Waals surface area contributed by atoms with Crippen molar-refractivity contribution in [2.45, 2.75) is 25.1 Å². The van der Waals surface area contributed by atoms with E-state index in [0.717, 1.165) is 38.3 Å². The third-order valence-corrected chi connectivity index (χ3v) is 5.65. The summed E-state index contributed by atoms with van der Waals surface area (Å²) in [5.41, 5.74) is -0.819. The number of rotatable bonds is 6. The minimum atomic E-state index is -5.05. The first kappa shape index (κ1) is 20.5. The summed E-state index contributed by atoms with van der Waals surface area (Å²) in [5.74, 6) is -0.889. The molecule has 0 amide bonds. The summed E-state index contributed by atoms with van der Waals surface area (Å²) in [6.07, 6.45) is -2.43. The Hall–Kier alpha value is -2.27. The first-order valence-corrected chi connectivity index (χ1v) is 10.1. The van der Waals surface area contributed by atoms with Crippen LogP contribution >= 0.6 is 11.6 Å². The molecular formula is C16H14ClF3N2O5S. The summed E-state index contributed by atoms with van der Waals surface area (Å²) < 4.78 is 71.2. The van der Waals surface area contributed by atoms with Crippen LogP contribution in [0.15, 0.2) is 22.7 Å². The molecule has 3 rings (SSSR count). The largest absolute Gasteiger partial charge is 0.573 e. The molecule has 1 heterocycles. The molecule has 0 bridgehead atoms. The van der Waals surface area contributed by atoms with Crippen LogP contribution in [-0.2, 0) is 10.0 Å². The Morgan fingerprint density at radius 1 is 1.36 bits per heavy atom. The van der Waals surface area contributed by atoms with Gasteiger partial charge in [0, 0.05) is 19.0 Å². The number of ketones is 1. The van der Waals surface area contributed by atoms with Gasteiger partial charge in [-0.05, 0) is 25.0 Å². The van der Waals surface area contributed by atoms with E-state index in [-0.39, 0.29) is 17.2 Å². The molecule has 1 aromatic heterocycles. The normalized spacial score (nSPS) is 14.8. The number of carbonyl (C=O) groups is 1. The summed E-state index contributed by atoms with van der Waals surface area (Å²) in [6.45, 7) is 0. The Kier molecular flexibility index (Phi) is 5.09. The zero-order chi connectivity index (χ0) is 20.9. The lowest BCUT2D eigenvalue weighted by atomic mass is 10.0. The summed E-state index contributed by atoms with van der Waals surface area (Å²) >= 11 is 5.99. The number of halogens is 4. The van der Waals surface area contributed by atoms with Crippen molar-refractivity contribution in [3.05, 3.63) is 40.2 Å². The predicted octanol–water partition coefficient (Wildman–Crippen LogP) is 3.73. The molecule has 7 nitrogen and oxygen atoms in total. The lowest BCUT2D eigenvalue weighted by Crippen LogP contribution is -2.28. The molecule has 0 aliphatic heterocycles. The highest BCUT2D eigenvalue weighted by molar-refractivity contribution is 7.92. The Labute approximate surface area is 163 Å². The number of hydrogen-bond acceptors (Lipinski definition) is 6. The molecule has 1 saturated carbocycles. The number of alkyl halides is 3. The molecule has 1 aromatic carbocycles. The van der Waals surface area contributed by atoms with Crippen molar-refractivity contribution in [3.63, 3.8) is 0 Å². The van der Waals surface area contributed by atoms with Crippen molar-refractivity contribution in [2.75, 3.05) is 17.6 Å². The Morgan fingerprint density at radius 3 is 2.54 bits per heavy atom. The van der Waals surface area contributed by atoms with Crippen molar-refractivity contribution in [1.82, 2.24) is 5.16 Å². The summed E-state index contributed by atoms with van der Waals surface area (Å²) in [4.78, 5) is 12.8. The Morgan fingerprint density at radius 2 is 2.00 bits per heavy atom. The van der Waals surface area contributed by atoms with E-state index in [2.05, 4.69) is 9.89 Å². The van der Waals surface area contributed by atoms with Crippen molar-refractivity contribution in [3.8, 4) is 5.75 Å². The number of ether oxygens (including phenoxy) is 1. The molecule has 28 heavy (non-hydrogen) atoms. The van der Waals surface area contributed by atoms with Gasteiger partial charge in [-0.25, -0.2) is 8.42 Å². The fraction of sp³-hybridized carbons (Fsp3) is 0.375. The number of benzene rings is 1. The van der Waals surface area contributed by atoms with Gasteiger partial charge in [0.05, 0.1) is 17.5 Å². The van der Waals surface area contributed by atoms with Crippen molar-refractivity contribution >= 4 is 33.1 Å². The van der Waals surface area contributed by atoms with Crippen LogP contribution in [-0.4, -0.2) is 39.0 Å². The molecule has 0 atom stereocenters. The minimum absolute atomic E-state index is 0.106. The molecular weight excluding hydrogens is 425 g/mol. The fourth-order valence-electron chi connectivity index (χ4n) is 2.50. The van der Waals surface area contributed by atoms with Gasteiger partial charge < -0.3 is 9.26 Å². The van der Waals surface area contributed by atoms with Gasteiger partial charge in [-0.3, -0.25) is 9.10 Å². The summed E-state index contributed by atoms with van der Waals surface area (Å²) in [5, 5.41) is 3.00. The quantitative estimate of drug-likeness (QED) is 0.638. The first-order chi connectivity index (χ1) is 12.9. The van der Waals surface area contributed by atoms with Crippen molar-refractivity contribution in [1.29, 1.82) is 0 Å². The van der Waals surface area contributed by atoms with Crippen LogP contribution in [0, 0.1) is 0 Å². The maximum atomic E-state index is 12.8. The van der Waals surface area contributed by atoms with Gasteiger partial charge in [0.25, 0.3) is 0 Å². The van der Waals surface area contributed by atoms with Crippen LogP contribution in [0.2, 0.25) is 5.02 Å². The van der Waals surface area contributed by atoms with E-state index in [1.165, 1.54) is 6.07 Å². The molecule has 0 unspecified atom stereocenters. The second-order valence-corrected chi connectivity index (χ2v) is 8.66. The third kappa shape index (κ3) is 4.25. The second-order valence-electron chi connectivity index (χ2n) is 6.27. The van der Waals surface area contributed by atoms with E-state index in [9.17, 15) is 26.4 Å². The van der Waals surface area contributed by atoms with Gasteiger partial charge in [-0.2, -0.15) is 0 Å². The zero-order valence-corrected chi connectivity index (χ0v) is 16.2. The molecule has 1 aliphatic carbocycles. The van der Waals surface area contributed by atoms with Crippen molar-refractivity contribution in [2.24, 2.45) is 0 Å². The predicted molar refractivity (Wildman–Crippen MR) is 93.3 cm³/mol. The monoisotopic (exact) mass is 438 g/mol.